The number of hydrogen-bond acceptors (Lipinski definition) is 3. The Labute approximate surface area is 142 Å². The van der Waals surface area contributed by atoms with Crippen LogP contribution in [0.5, 0.6) is 0 Å². The van der Waals surface area contributed by atoms with Gasteiger partial charge in [0.2, 0.25) is 0 Å². The highest BCUT2D eigenvalue weighted by atomic mass is 16.5. The van der Waals surface area contributed by atoms with Crippen molar-refractivity contribution in [1.29, 1.82) is 0 Å². The fourth-order valence-corrected chi connectivity index (χ4v) is 2.68. The van der Waals surface area contributed by atoms with E-state index in [-0.39, 0.29) is 6.09 Å². The fraction of sp³-hybridized carbons (Fsp3) is 0.250. The quantitative estimate of drug-likeness (QED) is 0.791. The summed E-state index contributed by atoms with van der Waals surface area (Å²) in [5, 5.41) is 6.11. The Kier molecular flexibility index (Phi) is 5.51. The molecule has 4 heteroatoms. The lowest BCUT2D eigenvalue weighted by Crippen LogP contribution is -2.24. The summed E-state index contributed by atoms with van der Waals surface area (Å²) in [7, 11) is 0. The van der Waals surface area contributed by atoms with Crippen molar-refractivity contribution in [1.82, 2.24) is 5.32 Å². The van der Waals surface area contributed by atoms with E-state index in [4.69, 9.17) is 4.74 Å². The number of anilines is 1. The molecule has 0 aromatic heterocycles. The summed E-state index contributed by atoms with van der Waals surface area (Å²) in [6, 6.07) is 16.1. The average molecular weight is 322 g/mol. The Morgan fingerprint density at radius 1 is 1.21 bits per heavy atom. The topological polar surface area (TPSA) is 50.4 Å². The minimum Gasteiger partial charge on any atom is -0.445 e. The van der Waals surface area contributed by atoms with Crippen LogP contribution in [-0.4, -0.2) is 19.2 Å². The number of rotatable bonds is 6. The van der Waals surface area contributed by atoms with Crippen LogP contribution in [0.3, 0.4) is 0 Å². The molecule has 3 rings (SSSR count). The molecule has 2 aromatic rings. The molecule has 2 N–H and O–H groups in total. The van der Waals surface area contributed by atoms with Gasteiger partial charge in [-0.25, -0.2) is 4.79 Å². The second kappa shape index (κ2) is 8.20. The normalized spacial score (nSPS) is 12.7. The van der Waals surface area contributed by atoms with Gasteiger partial charge in [-0.15, -0.1) is 0 Å². The predicted molar refractivity (Wildman–Crippen MR) is 96.9 cm³/mol. The van der Waals surface area contributed by atoms with Crippen LogP contribution in [0, 0.1) is 0 Å². The highest BCUT2D eigenvalue weighted by Crippen LogP contribution is 2.23. The molecule has 2 aromatic carbocycles. The third-order valence-corrected chi connectivity index (χ3v) is 3.94. The second-order valence-electron chi connectivity index (χ2n) is 5.77. The van der Waals surface area contributed by atoms with E-state index in [2.05, 4.69) is 41.0 Å². The van der Waals surface area contributed by atoms with Gasteiger partial charge in [0.25, 0.3) is 0 Å². The molecule has 1 heterocycles. The van der Waals surface area contributed by atoms with Crippen LogP contribution >= 0.6 is 0 Å². The van der Waals surface area contributed by atoms with E-state index in [1.54, 1.807) is 0 Å². The van der Waals surface area contributed by atoms with Gasteiger partial charge < -0.3 is 15.4 Å². The van der Waals surface area contributed by atoms with E-state index in [0.29, 0.717) is 13.2 Å². The SMILES string of the molecule is O=C(NCCC=Cc1ccc2c(c1)CCN2)OCc1ccccc1. The lowest BCUT2D eigenvalue weighted by Gasteiger charge is -2.06. The summed E-state index contributed by atoms with van der Waals surface area (Å²) in [6.45, 7) is 1.89. The van der Waals surface area contributed by atoms with Gasteiger partial charge in [-0.3, -0.25) is 0 Å². The number of carbonyl (C=O) groups is 1. The van der Waals surface area contributed by atoms with Crippen molar-refractivity contribution in [2.75, 3.05) is 18.4 Å². The highest BCUT2D eigenvalue weighted by Gasteiger charge is 2.08. The van der Waals surface area contributed by atoms with Gasteiger partial charge in [0.1, 0.15) is 6.61 Å². The van der Waals surface area contributed by atoms with Gasteiger partial charge in [0.15, 0.2) is 0 Å². The van der Waals surface area contributed by atoms with E-state index in [0.717, 1.165) is 24.9 Å². The molecule has 1 aliphatic rings. The van der Waals surface area contributed by atoms with Crippen LogP contribution in [0.15, 0.2) is 54.6 Å². The number of benzene rings is 2. The first-order chi connectivity index (χ1) is 11.8. The number of hydrogen-bond donors (Lipinski definition) is 2. The molecule has 0 fully saturated rings. The van der Waals surface area contributed by atoms with E-state index in [1.807, 2.05) is 30.3 Å². The van der Waals surface area contributed by atoms with Crippen LogP contribution in [0.2, 0.25) is 0 Å². The van der Waals surface area contributed by atoms with Gasteiger partial charge >= 0.3 is 6.09 Å². The predicted octanol–water partition coefficient (Wildman–Crippen LogP) is 3.98. The van der Waals surface area contributed by atoms with Crippen molar-refractivity contribution in [3.63, 3.8) is 0 Å². The lowest BCUT2D eigenvalue weighted by molar-refractivity contribution is 0.140. The molecule has 24 heavy (non-hydrogen) atoms. The third-order valence-electron chi connectivity index (χ3n) is 3.94. The Bertz CT molecular complexity index is 711. The Hall–Kier alpha value is -2.75. The van der Waals surface area contributed by atoms with Crippen molar-refractivity contribution in [3.05, 3.63) is 71.3 Å². The van der Waals surface area contributed by atoms with Crippen molar-refractivity contribution in [2.45, 2.75) is 19.4 Å². The molecule has 0 saturated heterocycles. The molecule has 0 atom stereocenters. The van der Waals surface area contributed by atoms with Crippen molar-refractivity contribution in [2.24, 2.45) is 0 Å². The minimum absolute atomic E-state index is 0.297. The molecular weight excluding hydrogens is 300 g/mol. The van der Waals surface area contributed by atoms with Crippen LogP contribution in [-0.2, 0) is 17.8 Å². The van der Waals surface area contributed by atoms with Gasteiger partial charge in [0, 0.05) is 18.8 Å². The fourth-order valence-electron chi connectivity index (χ4n) is 2.68. The molecular formula is C20H22N2O2. The number of nitrogens with one attached hydrogen (secondary N) is 2. The monoisotopic (exact) mass is 322 g/mol. The van der Waals surface area contributed by atoms with Crippen LogP contribution in [0.1, 0.15) is 23.1 Å². The first-order valence-corrected chi connectivity index (χ1v) is 8.29. The summed E-state index contributed by atoms with van der Waals surface area (Å²) in [5.74, 6) is 0. The largest absolute Gasteiger partial charge is 0.445 e. The summed E-state index contributed by atoms with van der Waals surface area (Å²) in [5.41, 5.74) is 4.80. The van der Waals surface area contributed by atoms with Crippen molar-refractivity contribution >= 4 is 17.9 Å². The Balaban J connectivity index is 1.35. The van der Waals surface area contributed by atoms with Crippen molar-refractivity contribution < 1.29 is 9.53 Å². The first-order valence-electron chi connectivity index (χ1n) is 8.29. The molecule has 0 spiro atoms. The average Bonchev–Trinajstić information content (AvgIpc) is 3.08. The smallest absolute Gasteiger partial charge is 0.407 e. The summed E-state index contributed by atoms with van der Waals surface area (Å²) >= 11 is 0. The van der Waals surface area contributed by atoms with E-state index in [1.165, 1.54) is 16.8 Å². The molecule has 0 aliphatic carbocycles. The molecule has 1 amide bonds. The van der Waals surface area contributed by atoms with Gasteiger partial charge in [-0.05, 0) is 41.7 Å². The molecule has 4 nitrogen and oxygen atoms in total. The summed E-state index contributed by atoms with van der Waals surface area (Å²) in [6.07, 6.45) is 5.65. The molecule has 0 radical (unpaired) electrons. The molecule has 1 aliphatic heterocycles. The van der Waals surface area contributed by atoms with E-state index >= 15 is 0 Å². The number of amides is 1. The number of carbonyl (C=O) groups excluding carboxylic acids is 1. The van der Waals surface area contributed by atoms with Crippen LogP contribution < -0.4 is 10.6 Å². The van der Waals surface area contributed by atoms with Crippen LogP contribution in [0.4, 0.5) is 10.5 Å². The second-order valence-corrected chi connectivity index (χ2v) is 5.77. The molecule has 124 valence electrons. The summed E-state index contributed by atoms with van der Waals surface area (Å²) in [4.78, 5) is 11.6. The molecule has 0 saturated carbocycles. The number of fused-ring (bicyclic) bond motifs is 1. The standard InChI is InChI=1S/C20H22N2O2/c23-20(24-15-17-7-2-1-3-8-17)22-12-5-4-6-16-9-10-19-18(14-16)11-13-21-19/h1-4,6-10,14,21H,5,11-13,15H2,(H,22,23). The maximum Gasteiger partial charge on any atom is 0.407 e. The van der Waals surface area contributed by atoms with E-state index in [9.17, 15) is 4.79 Å². The van der Waals surface area contributed by atoms with Gasteiger partial charge in [-0.2, -0.15) is 0 Å². The first kappa shape index (κ1) is 16.1. The number of alkyl carbamates (subject to hydrolysis) is 1. The van der Waals surface area contributed by atoms with E-state index < -0.39 is 0 Å². The molecule has 0 bridgehead atoms. The zero-order valence-corrected chi connectivity index (χ0v) is 13.6. The Morgan fingerprint density at radius 3 is 2.96 bits per heavy atom. The van der Waals surface area contributed by atoms with Gasteiger partial charge in [0.05, 0.1) is 0 Å². The zero-order chi connectivity index (χ0) is 16.6. The third kappa shape index (κ3) is 4.62. The van der Waals surface area contributed by atoms with Gasteiger partial charge in [-0.1, -0.05) is 48.6 Å². The Morgan fingerprint density at radius 2 is 2.08 bits per heavy atom. The lowest BCUT2D eigenvalue weighted by atomic mass is 10.1. The minimum atomic E-state index is -0.379. The maximum absolute atomic E-state index is 11.6. The van der Waals surface area contributed by atoms with Crippen molar-refractivity contribution in [3.8, 4) is 0 Å². The maximum atomic E-state index is 11.6. The zero-order valence-electron chi connectivity index (χ0n) is 13.6. The summed E-state index contributed by atoms with van der Waals surface area (Å²) < 4.78 is 5.16. The van der Waals surface area contributed by atoms with Crippen LogP contribution in [0.25, 0.3) is 6.08 Å². The molecule has 0 unspecified atom stereocenters. The highest BCUT2D eigenvalue weighted by molar-refractivity contribution is 5.67. The number of ether oxygens (including phenoxy) is 1.